The lowest BCUT2D eigenvalue weighted by atomic mass is 10.1. The first kappa shape index (κ1) is 18.1. The van der Waals surface area contributed by atoms with E-state index in [1.54, 1.807) is 6.08 Å². The summed E-state index contributed by atoms with van der Waals surface area (Å²) in [4.78, 5) is 12.3. The number of carbonyl (C=O) groups is 1. The highest BCUT2D eigenvalue weighted by atomic mass is 79.9. The van der Waals surface area contributed by atoms with Crippen LogP contribution in [0.5, 0.6) is 0 Å². The molecule has 0 aliphatic heterocycles. The van der Waals surface area contributed by atoms with E-state index >= 15 is 0 Å². The number of anilines is 1. The van der Waals surface area contributed by atoms with E-state index in [4.69, 9.17) is 0 Å². The first-order valence-corrected chi connectivity index (χ1v) is 9.12. The fourth-order valence-electron chi connectivity index (χ4n) is 2.77. The van der Waals surface area contributed by atoms with Gasteiger partial charge in [-0.05, 0) is 72.6 Å². The Morgan fingerprint density at radius 3 is 2.54 bits per heavy atom. The zero-order valence-electron chi connectivity index (χ0n) is 15.0. The van der Waals surface area contributed by atoms with Crippen molar-refractivity contribution in [3.63, 3.8) is 0 Å². The molecule has 0 saturated heterocycles. The maximum absolute atomic E-state index is 12.3. The smallest absolute Gasteiger partial charge is 0.248 e. The number of nitrogens with zero attached hydrogens (tertiary/aromatic N) is 2. The van der Waals surface area contributed by atoms with Crippen LogP contribution in [0.2, 0.25) is 0 Å². The lowest BCUT2D eigenvalue weighted by Crippen LogP contribution is -2.08. The van der Waals surface area contributed by atoms with E-state index in [0.29, 0.717) is 0 Å². The van der Waals surface area contributed by atoms with Crippen molar-refractivity contribution in [2.75, 3.05) is 5.32 Å². The molecule has 0 aliphatic rings. The minimum atomic E-state index is -0.180. The van der Waals surface area contributed by atoms with Crippen LogP contribution < -0.4 is 5.32 Å². The lowest BCUT2D eigenvalue weighted by Gasteiger charge is -2.06. The van der Waals surface area contributed by atoms with E-state index in [9.17, 15) is 4.79 Å². The average Bonchev–Trinajstić information content (AvgIpc) is 2.90. The number of hydrogen-bond donors (Lipinski definition) is 1. The minimum absolute atomic E-state index is 0.180. The number of carbonyl (C=O) groups excluding carboxylic acids is 1. The van der Waals surface area contributed by atoms with Gasteiger partial charge in [0.1, 0.15) is 0 Å². The van der Waals surface area contributed by atoms with Crippen molar-refractivity contribution in [1.29, 1.82) is 0 Å². The molecular formula is C21H20BrN3O. The molecule has 0 spiro atoms. The van der Waals surface area contributed by atoms with Gasteiger partial charge in [0.25, 0.3) is 0 Å². The number of para-hydroxylation sites is 1. The van der Waals surface area contributed by atoms with Crippen LogP contribution in [0.1, 0.15) is 22.5 Å². The molecule has 0 radical (unpaired) electrons. The van der Waals surface area contributed by atoms with E-state index in [1.165, 1.54) is 0 Å². The van der Waals surface area contributed by atoms with Crippen LogP contribution in [-0.2, 0) is 4.79 Å². The van der Waals surface area contributed by atoms with Crippen molar-refractivity contribution in [2.24, 2.45) is 0 Å². The summed E-state index contributed by atoms with van der Waals surface area (Å²) in [6.07, 6.45) is 3.35. The Balaban J connectivity index is 1.80. The summed E-state index contributed by atoms with van der Waals surface area (Å²) in [6.45, 7) is 5.95. The van der Waals surface area contributed by atoms with Crippen molar-refractivity contribution in [3.8, 4) is 5.69 Å². The van der Waals surface area contributed by atoms with Gasteiger partial charge in [0, 0.05) is 21.8 Å². The zero-order valence-corrected chi connectivity index (χ0v) is 16.5. The molecular weight excluding hydrogens is 390 g/mol. The van der Waals surface area contributed by atoms with Gasteiger partial charge in [-0.15, -0.1) is 0 Å². The number of hydrogen-bond acceptors (Lipinski definition) is 2. The second-order valence-corrected chi connectivity index (χ2v) is 6.99. The molecule has 0 saturated carbocycles. The number of halogens is 1. The predicted molar refractivity (Wildman–Crippen MR) is 110 cm³/mol. The Morgan fingerprint density at radius 2 is 1.85 bits per heavy atom. The minimum Gasteiger partial charge on any atom is -0.321 e. The molecule has 4 nitrogen and oxygen atoms in total. The number of rotatable bonds is 4. The molecule has 0 atom stereocenters. The average molecular weight is 410 g/mol. The highest BCUT2D eigenvalue weighted by molar-refractivity contribution is 9.10. The molecule has 0 bridgehead atoms. The summed E-state index contributed by atoms with van der Waals surface area (Å²) in [6, 6.07) is 15.8. The summed E-state index contributed by atoms with van der Waals surface area (Å²) >= 11 is 3.47. The highest BCUT2D eigenvalue weighted by Gasteiger charge is 2.11. The fraction of sp³-hybridized carbons (Fsp3) is 0.143. The SMILES string of the molecule is Cc1ccc(NC(=O)/C=C/c2c(C)nn(-c3ccccc3)c2C)c(Br)c1. The maximum atomic E-state index is 12.3. The third kappa shape index (κ3) is 3.94. The molecule has 0 aliphatic carbocycles. The van der Waals surface area contributed by atoms with E-state index in [0.717, 1.165) is 38.4 Å². The van der Waals surface area contributed by atoms with Crippen molar-refractivity contribution in [3.05, 3.63) is 81.6 Å². The van der Waals surface area contributed by atoms with Gasteiger partial charge in [-0.1, -0.05) is 24.3 Å². The van der Waals surface area contributed by atoms with E-state index in [-0.39, 0.29) is 5.91 Å². The van der Waals surface area contributed by atoms with Gasteiger partial charge in [0.05, 0.1) is 17.1 Å². The van der Waals surface area contributed by atoms with Gasteiger partial charge in [0.2, 0.25) is 5.91 Å². The first-order valence-electron chi connectivity index (χ1n) is 8.32. The van der Waals surface area contributed by atoms with Crippen molar-refractivity contribution in [1.82, 2.24) is 9.78 Å². The van der Waals surface area contributed by atoms with Crippen LogP contribution in [0.25, 0.3) is 11.8 Å². The van der Waals surface area contributed by atoms with Crippen LogP contribution in [0.3, 0.4) is 0 Å². The van der Waals surface area contributed by atoms with Gasteiger partial charge in [-0.3, -0.25) is 4.79 Å². The Kier molecular flexibility index (Phi) is 5.38. The van der Waals surface area contributed by atoms with Gasteiger partial charge in [-0.2, -0.15) is 5.10 Å². The number of aromatic nitrogens is 2. The second kappa shape index (κ2) is 7.70. The van der Waals surface area contributed by atoms with E-state index in [2.05, 4.69) is 26.3 Å². The van der Waals surface area contributed by atoms with E-state index in [1.807, 2.05) is 80.1 Å². The Labute approximate surface area is 161 Å². The molecule has 26 heavy (non-hydrogen) atoms. The Bertz CT molecular complexity index is 974. The van der Waals surface area contributed by atoms with Crippen LogP contribution in [0.15, 0.2) is 59.1 Å². The van der Waals surface area contributed by atoms with Crippen LogP contribution >= 0.6 is 15.9 Å². The Morgan fingerprint density at radius 1 is 1.12 bits per heavy atom. The molecule has 1 amide bonds. The normalized spacial score (nSPS) is 11.1. The van der Waals surface area contributed by atoms with Gasteiger partial charge in [-0.25, -0.2) is 4.68 Å². The molecule has 2 aromatic carbocycles. The molecule has 3 rings (SSSR count). The second-order valence-electron chi connectivity index (χ2n) is 6.14. The van der Waals surface area contributed by atoms with Crippen LogP contribution in [0.4, 0.5) is 5.69 Å². The summed E-state index contributed by atoms with van der Waals surface area (Å²) in [5.41, 5.74) is 5.71. The van der Waals surface area contributed by atoms with Crippen molar-refractivity contribution >= 4 is 33.6 Å². The quantitative estimate of drug-likeness (QED) is 0.600. The third-order valence-electron chi connectivity index (χ3n) is 4.13. The molecule has 5 heteroatoms. The third-order valence-corrected chi connectivity index (χ3v) is 4.79. The molecule has 3 aromatic rings. The number of benzene rings is 2. The highest BCUT2D eigenvalue weighted by Crippen LogP contribution is 2.24. The molecule has 0 fully saturated rings. The largest absolute Gasteiger partial charge is 0.321 e. The Hall–Kier alpha value is -2.66. The zero-order chi connectivity index (χ0) is 18.7. The topological polar surface area (TPSA) is 46.9 Å². The predicted octanol–water partition coefficient (Wildman–Crippen LogP) is 5.21. The molecule has 132 valence electrons. The summed E-state index contributed by atoms with van der Waals surface area (Å²) in [5.74, 6) is -0.180. The maximum Gasteiger partial charge on any atom is 0.248 e. The van der Waals surface area contributed by atoms with Crippen molar-refractivity contribution < 1.29 is 4.79 Å². The molecule has 1 aromatic heterocycles. The molecule has 0 unspecified atom stereocenters. The van der Waals surface area contributed by atoms with Crippen LogP contribution in [0, 0.1) is 20.8 Å². The monoisotopic (exact) mass is 409 g/mol. The van der Waals surface area contributed by atoms with Gasteiger partial charge < -0.3 is 5.32 Å². The summed E-state index contributed by atoms with van der Waals surface area (Å²) in [7, 11) is 0. The summed E-state index contributed by atoms with van der Waals surface area (Å²) < 4.78 is 2.76. The fourth-order valence-corrected chi connectivity index (χ4v) is 3.36. The van der Waals surface area contributed by atoms with Gasteiger partial charge in [0.15, 0.2) is 0 Å². The standard InChI is InChI=1S/C21H20BrN3O/c1-14-9-11-20(19(22)13-14)23-21(26)12-10-18-15(2)24-25(16(18)3)17-7-5-4-6-8-17/h4-13H,1-3H3,(H,23,26)/b12-10+. The molecule has 1 heterocycles. The lowest BCUT2D eigenvalue weighted by molar-refractivity contribution is -0.111. The molecule has 1 N–H and O–H groups in total. The van der Waals surface area contributed by atoms with Crippen LogP contribution in [-0.4, -0.2) is 15.7 Å². The first-order chi connectivity index (χ1) is 12.5. The van der Waals surface area contributed by atoms with Crippen molar-refractivity contribution in [2.45, 2.75) is 20.8 Å². The number of amides is 1. The number of aryl methyl sites for hydroxylation is 2. The van der Waals surface area contributed by atoms with Gasteiger partial charge >= 0.3 is 0 Å². The summed E-state index contributed by atoms with van der Waals surface area (Å²) in [5, 5.41) is 7.48. The van der Waals surface area contributed by atoms with E-state index < -0.39 is 0 Å². The number of nitrogens with one attached hydrogen (secondary N) is 1.